The summed E-state index contributed by atoms with van der Waals surface area (Å²) in [4.78, 5) is 31.9. The van der Waals surface area contributed by atoms with Crippen LogP contribution in [0.2, 0.25) is 0 Å². The van der Waals surface area contributed by atoms with E-state index in [0.29, 0.717) is 54.9 Å². The third-order valence-electron chi connectivity index (χ3n) is 4.17. The Balaban J connectivity index is 1.81. The van der Waals surface area contributed by atoms with E-state index in [-0.39, 0.29) is 17.8 Å². The fraction of sp³-hybridized carbons (Fsp3) is 0.471. The number of aromatic nitrogens is 2. The molecule has 1 saturated heterocycles. The number of hydrogen-bond acceptors (Lipinski definition) is 6. The number of carbonyl (C=O) groups is 1. The van der Waals surface area contributed by atoms with E-state index in [0.717, 1.165) is 0 Å². The molecule has 1 aromatic heterocycles. The second-order valence-electron chi connectivity index (χ2n) is 5.76. The minimum Gasteiger partial charge on any atom is -0.490 e. The van der Waals surface area contributed by atoms with Crippen LogP contribution in [-0.2, 0) is 4.74 Å². The van der Waals surface area contributed by atoms with Crippen molar-refractivity contribution in [2.75, 3.05) is 26.8 Å². The zero-order valence-corrected chi connectivity index (χ0v) is 14.3. The fourth-order valence-electron chi connectivity index (χ4n) is 2.90. The summed E-state index contributed by atoms with van der Waals surface area (Å²) in [5.74, 6) is 1.08. The van der Waals surface area contributed by atoms with Gasteiger partial charge in [0, 0.05) is 32.0 Å². The zero-order valence-electron chi connectivity index (χ0n) is 14.3. The smallest absolute Gasteiger partial charge is 0.409 e. The van der Waals surface area contributed by atoms with Crippen molar-refractivity contribution in [3.8, 4) is 11.5 Å². The van der Waals surface area contributed by atoms with E-state index in [9.17, 15) is 9.59 Å². The highest BCUT2D eigenvalue weighted by Crippen LogP contribution is 2.32. The number of methoxy groups -OCH3 is 1. The molecular weight excluding hydrogens is 326 g/mol. The molecule has 8 heteroatoms. The van der Waals surface area contributed by atoms with E-state index >= 15 is 0 Å². The Labute approximate surface area is 144 Å². The molecule has 1 aliphatic rings. The fourth-order valence-corrected chi connectivity index (χ4v) is 2.90. The maximum absolute atomic E-state index is 12.0. The molecule has 1 amide bonds. The molecule has 0 bridgehead atoms. The van der Waals surface area contributed by atoms with Gasteiger partial charge in [0.15, 0.2) is 11.5 Å². The van der Waals surface area contributed by atoms with Crippen LogP contribution in [0.3, 0.4) is 0 Å². The van der Waals surface area contributed by atoms with Crippen molar-refractivity contribution in [1.82, 2.24) is 14.9 Å². The van der Waals surface area contributed by atoms with Gasteiger partial charge in [0.2, 0.25) is 0 Å². The summed E-state index contributed by atoms with van der Waals surface area (Å²) in [7, 11) is 1.37. The first-order chi connectivity index (χ1) is 12.1. The zero-order chi connectivity index (χ0) is 17.8. The quantitative estimate of drug-likeness (QED) is 0.908. The molecule has 3 rings (SSSR count). The average Bonchev–Trinajstić information content (AvgIpc) is 2.63. The van der Waals surface area contributed by atoms with Gasteiger partial charge in [-0.1, -0.05) is 0 Å². The number of aromatic amines is 1. The van der Waals surface area contributed by atoms with Crippen LogP contribution in [0.4, 0.5) is 4.79 Å². The average molecular weight is 347 g/mol. The van der Waals surface area contributed by atoms with Gasteiger partial charge in [-0.3, -0.25) is 4.79 Å². The second kappa shape index (κ2) is 7.42. The summed E-state index contributed by atoms with van der Waals surface area (Å²) in [6.07, 6.45) is 2.35. The van der Waals surface area contributed by atoms with E-state index < -0.39 is 0 Å². The molecule has 134 valence electrons. The van der Waals surface area contributed by atoms with Gasteiger partial charge >= 0.3 is 6.09 Å². The molecule has 1 aliphatic heterocycles. The molecule has 2 heterocycles. The predicted octanol–water partition coefficient (Wildman–Crippen LogP) is 1.93. The predicted molar refractivity (Wildman–Crippen MR) is 91.2 cm³/mol. The van der Waals surface area contributed by atoms with E-state index in [1.807, 2.05) is 6.92 Å². The highest BCUT2D eigenvalue weighted by molar-refractivity contribution is 5.81. The molecule has 0 atom stereocenters. The first-order valence-electron chi connectivity index (χ1n) is 8.26. The molecule has 0 aliphatic carbocycles. The lowest BCUT2D eigenvalue weighted by atomic mass is 10.1. The second-order valence-corrected chi connectivity index (χ2v) is 5.76. The first-order valence-corrected chi connectivity index (χ1v) is 8.26. The van der Waals surface area contributed by atoms with Gasteiger partial charge in [-0.15, -0.1) is 0 Å². The lowest BCUT2D eigenvalue weighted by Crippen LogP contribution is -2.41. The van der Waals surface area contributed by atoms with Crippen molar-refractivity contribution in [3.05, 3.63) is 28.8 Å². The molecule has 1 aromatic carbocycles. The molecular formula is C17H21N3O5. The number of nitrogens with zero attached hydrogens (tertiary/aromatic N) is 2. The minimum atomic E-state index is -0.322. The Bertz CT molecular complexity index is 812. The third kappa shape index (κ3) is 3.67. The molecule has 0 radical (unpaired) electrons. The summed E-state index contributed by atoms with van der Waals surface area (Å²) < 4.78 is 16.5. The van der Waals surface area contributed by atoms with Crippen LogP contribution in [0.5, 0.6) is 11.5 Å². The number of hydrogen-bond donors (Lipinski definition) is 1. The van der Waals surface area contributed by atoms with E-state index in [4.69, 9.17) is 14.2 Å². The summed E-state index contributed by atoms with van der Waals surface area (Å²) in [5.41, 5.74) is 0.332. The van der Waals surface area contributed by atoms with Crippen LogP contribution in [0.25, 0.3) is 10.9 Å². The number of carbonyl (C=O) groups excluding carboxylic acids is 1. The van der Waals surface area contributed by atoms with Gasteiger partial charge in [-0.05, 0) is 13.0 Å². The van der Waals surface area contributed by atoms with Gasteiger partial charge in [0.25, 0.3) is 5.56 Å². The third-order valence-corrected chi connectivity index (χ3v) is 4.17. The number of rotatable bonds is 4. The highest BCUT2D eigenvalue weighted by Gasteiger charge is 2.25. The maximum atomic E-state index is 12.0. The topological polar surface area (TPSA) is 93.7 Å². The molecule has 1 fully saturated rings. The number of ether oxygens (including phenoxy) is 3. The van der Waals surface area contributed by atoms with Crippen LogP contribution in [0, 0.1) is 0 Å². The summed E-state index contributed by atoms with van der Waals surface area (Å²) in [6, 6.07) is 3.38. The van der Waals surface area contributed by atoms with Crippen molar-refractivity contribution in [2.24, 2.45) is 0 Å². The lowest BCUT2D eigenvalue weighted by molar-refractivity contribution is 0.0776. The van der Waals surface area contributed by atoms with Gasteiger partial charge in [0.05, 0.1) is 30.9 Å². The van der Waals surface area contributed by atoms with Gasteiger partial charge in [-0.25, -0.2) is 9.78 Å². The number of fused-ring (bicyclic) bond motifs is 1. The maximum Gasteiger partial charge on any atom is 0.409 e. The van der Waals surface area contributed by atoms with Crippen LogP contribution in [0.1, 0.15) is 19.8 Å². The van der Waals surface area contributed by atoms with Crippen molar-refractivity contribution in [1.29, 1.82) is 0 Å². The van der Waals surface area contributed by atoms with Gasteiger partial charge in [0.1, 0.15) is 6.10 Å². The highest BCUT2D eigenvalue weighted by atomic mass is 16.5. The van der Waals surface area contributed by atoms with Crippen molar-refractivity contribution >= 4 is 17.0 Å². The molecule has 1 N–H and O–H groups in total. The summed E-state index contributed by atoms with van der Waals surface area (Å²) in [6.45, 7) is 3.49. The van der Waals surface area contributed by atoms with Crippen LogP contribution in [-0.4, -0.2) is 53.9 Å². The summed E-state index contributed by atoms with van der Waals surface area (Å²) >= 11 is 0. The number of H-pyrrole nitrogens is 1. The molecule has 8 nitrogen and oxygen atoms in total. The molecule has 25 heavy (non-hydrogen) atoms. The molecule has 2 aromatic rings. The Kier molecular flexibility index (Phi) is 5.06. The standard InChI is InChI=1S/C17H21N3O5/c1-3-24-14-9-13-12(16(21)19-10-18-13)8-15(14)25-11-4-6-20(7-5-11)17(22)23-2/h8-11H,3-7H2,1-2H3,(H,18,19,21). The Morgan fingerprint density at radius 1 is 1.32 bits per heavy atom. The SMILES string of the molecule is CCOc1cc2nc[nH]c(=O)c2cc1OC1CCN(C(=O)OC)CC1. The Morgan fingerprint density at radius 3 is 2.76 bits per heavy atom. The Morgan fingerprint density at radius 2 is 2.08 bits per heavy atom. The number of piperidine rings is 1. The number of amides is 1. The van der Waals surface area contributed by atoms with Crippen molar-refractivity contribution in [2.45, 2.75) is 25.9 Å². The number of likely N-dealkylation sites (tertiary alicyclic amines) is 1. The van der Waals surface area contributed by atoms with Crippen molar-refractivity contribution in [3.63, 3.8) is 0 Å². The Hall–Kier alpha value is -2.77. The van der Waals surface area contributed by atoms with Gasteiger partial charge in [-0.2, -0.15) is 0 Å². The van der Waals surface area contributed by atoms with E-state index in [1.165, 1.54) is 13.4 Å². The van der Waals surface area contributed by atoms with Crippen LogP contribution < -0.4 is 15.0 Å². The molecule has 0 saturated carbocycles. The number of benzene rings is 1. The lowest BCUT2D eigenvalue weighted by Gasteiger charge is -2.31. The van der Waals surface area contributed by atoms with Crippen molar-refractivity contribution < 1.29 is 19.0 Å². The number of nitrogens with one attached hydrogen (secondary N) is 1. The molecule has 0 unspecified atom stereocenters. The van der Waals surface area contributed by atoms with E-state index in [2.05, 4.69) is 9.97 Å². The summed E-state index contributed by atoms with van der Waals surface area (Å²) in [5, 5.41) is 0.452. The largest absolute Gasteiger partial charge is 0.490 e. The van der Waals surface area contributed by atoms with E-state index in [1.54, 1.807) is 17.0 Å². The molecule has 0 spiro atoms. The van der Waals surface area contributed by atoms with Crippen LogP contribution in [0.15, 0.2) is 23.3 Å². The minimum absolute atomic E-state index is 0.0617. The first kappa shape index (κ1) is 17.1. The normalized spacial score (nSPS) is 15.2. The van der Waals surface area contributed by atoms with Gasteiger partial charge < -0.3 is 24.1 Å². The monoisotopic (exact) mass is 347 g/mol. The van der Waals surface area contributed by atoms with Crippen LogP contribution >= 0.6 is 0 Å².